The highest BCUT2D eigenvalue weighted by atomic mass is 35.5. The van der Waals surface area contributed by atoms with Gasteiger partial charge in [0.15, 0.2) is 0 Å². The van der Waals surface area contributed by atoms with Crippen LogP contribution in [0.4, 0.5) is 4.39 Å². The lowest BCUT2D eigenvalue weighted by Crippen LogP contribution is -2.14. The number of alkyl halides is 1. The van der Waals surface area contributed by atoms with Gasteiger partial charge in [-0.15, -0.1) is 11.6 Å². The Hall–Kier alpha value is -0.310. The normalized spacial score (nSPS) is 10.8. The van der Waals surface area contributed by atoms with E-state index in [0.717, 1.165) is 30.8 Å². The number of hydrogen-bond donors (Lipinski definition) is 1. The maximum absolute atomic E-state index is 13.1. The van der Waals surface area contributed by atoms with E-state index in [2.05, 4.69) is 5.32 Å². The lowest BCUT2D eigenvalue weighted by Gasteiger charge is -2.05. The average molecular weight is 278 g/mol. The minimum atomic E-state index is -0.354. The van der Waals surface area contributed by atoms with Gasteiger partial charge in [0, 0.05) is 12.4 Å². The van der Waals surface area contributed by atoms with Crippen molar-refractivity contribution in [3.63, 3.8) is 0 Å². The Morgan fingerprint density at radius 2 is 1.88 bits per heavy atom. The third kappa shape index (κ3) is 6.25. The summed E-state index contributed by atoms with van der Waals surface area (Å²) in [6.07, 6.45) is 4.59. The fraction of sp³-hybridized carbons (Fsp3) is 0.538. The highest BCUT2D eigenvalue weighted by molar-refractivity contribution is 6.30. The van der Waals surface area contributed by atoms with Crippen LogP contribution in [-0.4, -0.2) is 12.4 Å². The molecule has 0 atom stereocenters. The first-order chi connectivity index (χ1) is 8.24. The molecule has 1 N–H and O–H groups in total. The summed E-state index contributed by atoms with van der Waals surface area (Å²) in [5.74, 6) is 0.394. The van der Waals surface area contributed by atoms with Crippen LogP contribution >= 0.6 is 23.2 Å². The van der Waals surface area contributed by atoms with Gasteiger partial charge in [-0.2, -0.15) is 0 Å². The molecule has 0 aliphatic carbocycles. The summed E-state index contributed by atoms with van der Waals surface area (Å²) in [5, 5.41) is 3.46. The fourth-order valence-corrected chi connectivity index (χ4v) is 1.89. The minimum absolute atomic E-state index is 0.176. The third-order valence-corrected chi connectivity index (χ3v) is 3.12. The van der Waals surface area contributed by atoms with E-state index < -0.39 is 0 Å². The van der Waals surface area contributed by atoms with Gasteiger partial charge < -0.3 is 5.32 Å². The van der Waals surface area contributed by atoms with Crippen molar-refractivity contribution < 1.29 is 4.39 Å². The van der Waals surface area contributed by atoms with Gasteiger partial charge in [-0.3, -0.25) is 0 Å². The van der Waals surface area contributed by atoms with E-state index in [0.29, 0.717) is 6.54 Å². The second kappa shape index (κ2) is 8.73. The monoisotopic (exact) mass is 277 g/mol. The van der Waals surface area contributed by atoms with Gasteiger partial charge in [0.1, 0.15) is 5.82 Å². The zero-order chi connectivity index (χ0) is 12.5. The van der Waals surface area contributed by atoms with E-state index in [-0.39, 0.29) is 10.8 Å². The Labute approximate surface area is 112 Å². The molecule has 0 radical (unpaired) electrons. The summed E-state index contributed by atoms with van der Waals surface area (Å²) in [5.41, 5.74) is 0.924. The zero-order valence-corrected chi connectivity index (χ0v) is 11.3. The van der Waals surface area contributed by atoms with Crippen molar-refractivity contribution in [1.29, 1.82) is 0 Å². The molecule has 0 saturated heterocycles. The molecular weight excluding hydrogens is 260 g/mol. The van der Waals surface area contributed by atoms with Crippen LogP contribution in [0.15, 0.2) is 18.2 Å². The Kier molecular flexibility index (Phi) is 7.58. The molecule has 0 aromatic heterocycles. The molecule has 17 heavy (non-hydrogen) atoms. The maximum Gasteiger partial charge on any atom is 0.142 e. The number of unbranched alkanes of at least 4 members (excludes halogenated alkanes) is 3. The smallest absolute Gasteiger partial charge is 0.142 e. The lowest BCUT2D eigenvalue weighted by molar-refractivity contribution is 0.593. The predicted octanol–water partition coefficient (Wildman–Crippen LogP) is 4.37. The molecule has 0 spiro atoms. The maximum atomic E-state index is 13.1. The Morgan fingerprint density at radius 1 is 1.12 bits per heavy atom. The molecule has 1 nitrogen and oxygen atoms in total. The van der Waals surface area contributed by atoms with Gasteiger partial charge in [-0.05, 0) is 37.1 Å². The molecule has 96 valence electrons. The average Bonchev–Trinajstić information content (AvgIpc) is 2.32. The van der Waals surface area contributed by atoms with Gasteiger partial charge >= 0.3 is 0 Å². The van der Waals surface area contributed by atoms with Crippen LogP contribution in [0.25, 0.3) is 0 Å². The van der Waals surface area contributed by atoms with E-state index in [1.807, 2.05) is 6.07 Å². The molecule has 0 saturated carbocycles. The van der Waals surface area contributed by atoms with Crippen molar-refractivity contribution in [2.75, 3.05) is 12.4 Å². The van der Waals surface area contributed by atoms with Crippen LogP contribution in [0.2, 0.25) is 5.02 Å². The Balaban J connectivity index is 2.11. The molecule has 1 aromatic carbocycles. The number of halogens is 3. The van der Waals surface area contributed by atoms with Gasteiger partial charge in [0.05, 0.1) is 5.02 Å². The first-order valence-electron chi connectivity index (χ1n) is 5.94. The van der Waals surface area contributed by atoms with Crippen LogP contribution in [0.5, 0.6) is 0 Å². The van der Waals surface area contributed by atoms with E-state index >= 15 is 0 Å². The van der Waals surface area contributed by atoms with Crippen LogP contribution in [-0.2, 0) is 6.54 Å². The summed E-state index contributed by atoms with van der Waals surface area (Å²) in [4.78, 5) is 0. The quantitative estimate of drug-likeness (QED) is 0.550. The zero-order valence-electron chi connectivity index (χ0n) is 9.82. The van der Waals surface area contributed by atoms with E-state index in [9.17, 15) is 4.39 Å². The number of rotatable bonds is 8. The standard InChI is InChI=1S/C13H18Cl2FN/c14-7-3-1-2-4-8-17-10-11-5-6-12(15)13(16)9-11/h5-6,9,17H,1-4,7-8,10H2. The highest BCUT2D eigenvalue weighted by Crippen LogP contribution is 2.15. The molecule has 4 heteroatoms. The van der Waals surface area contributed by atoms with Crippen molar-refractivity contribution in [1.82, 2.24) is 5.32 Å². The van der Waals surface area contributed by atoms with Crippen LogP contribution in [0, 0.1) is 5.82 Å². The van der Waals surface area contributed by atoms with Crippen LogP contribution < -0.4 is 5.32 Å². The molecule has 0 fully saturated rings. The number of hydrogen-bond acceptors (Lipinski definition) is 1. The molecular formula is C13H18Cl2FN. The first kappa shape index (κ1) is 14.7. The van der Waals surface area contributed by atoms with Crippen LogP contribution in [0.1, 0.15) is 31.2 Å². The topological polar surface area (TPSA) is 12.0 Å². The highest BCUT2D eigenvalue weighted by Gasteiger charge is 2.00. The second-order valence-corrected chi connectivity index (χ2v) is 4.81. The molecule has 0 aliphatic heterocycles. The summed E-state index contributed by atoms with van der Waals surface area (Å²) >= 11 is 11.2. The molecule has 1 aromatic rings. The predicted molar refractivity (Wildman–Crippen MR) is 72.3 cm³/mol. The minimum Gasteiger partial charge on any atom is -0.313 e. The van der Waals surface area contributed by atoms with Gasteiger partial charge in [-0.1, -0.05) is 30.5 Å². The molecule has 0 unspecified atom stereocenters. The van der Waals surface area contributed by atoms with Crippen molar-refractivity contribution in [2.45, 2.75) is 32.2 Å². The molecule has 0 heterocycles. The van der Waals surface area contributed by atoms with Crippen molar-refractivity contribution in [2.24, 2.45) is 0 Å². The largest absolute Gasteiger partial charge is 0.313 e. The lowest BCUT2D eigenvalue weighted by atomic mass is 10.2. The Morgan fingerprint density at radius 3 is 2.59 bits per heavy atom. The van der Waals surface area contributed by atoms with Gasteiger partial charge in [0.25, 0.3) is 0 Å². The summed E-state index contributed by atoms with van der Waals surface area (Å²) in [7, 11) is 0. The van der Waals surface area contributed by atoms with Crippen molar-refractivity contribution in [3.05, 3.63) is 34.6 Å². The molecule has 0 bridgehead atoms. The van der Waals surface area contributed by atoms with Crippen molar-refractivity contribution >= 4 is 23.2 Å². The van der Waals surface area contributed by atoms with Crippen molar-refractivity contribution in [3.8, 4) is 0 Å². The van der Waals surface area contributed by atoms with E-state index in [1.54, 1.807) is 6.07 Å². The van der Waals surface area contributed by atoms with Gasteiger partial charge in [0.2, 0.25) is 0 Å². The number of benzene rings is 1. The van der Waals surface area contributed by atoms with E-state index in [1.165, 1.54) is 18.9 Å². The second-order valence-electron chi connectivity index (χ2n) is 4.03. The molecule has 1 rings (SSSR count). The van der Waals surface area contributed by atoms with E-state index in [4.69, 9.17) is 23.2 Å². The summed E-state index contributed by atoms with van der Waals surface area (Å²) < 4.78 is 13.1. The van der Waals surface area contributed by atoms with Gasteiger partial charge in [-0.25, -0.2) is 4.39 Å². The molecule has 0 amide bonds. The SMILES string of the molecule is Fc1cc(CNCCCCCCCl)ccc1Cl. The fourth-order valence-electron chi connectivity index (χ4n) is 1.58. The summed E-state index contributed by atoms with van der Waals surface area (Å²) in [6, 6.07) is 4.91. The van der Waals surface area contributed by atoms with Crippen LogP contribution in [0.3, 0.4) is 0 Å². The third-order valence-electron chi connectivity index (χ3n) is 2.55. The summed E-state index contributed by atoms with van der Waals surface area (Å²) in [6.45, 7) is 1.64. The Bertz CT molecular complexity index is 331. The first-order valence-corrected chi connectivity index (χ1v) is 6.86. The molecule has 0 aliphatic rings. The number of nitrogens with one attached hydrogen (secondary N) is 1.